The van der Waals surface area contributed by atoms with Crippen molar-refractivity contribution in [1.82, 2.24) is 0 Å². The van der Waals surface area contributed by atoms with Crippen LogP contribution in [0.5, 0.6) is 0 Å². The standard InChI is InChI=1S/C22H42.2C2H7N/c1-2-3-4-5-6-7-14-19-22(20-15-10-8-11-16-20)21-17-12-9-13-18-21;2*1-2-3/h20-22H,2-19H2,1H3;2*2-3H2,1H3. The zero-order valence-corrected chi connectivity index (χ0v) is 20.0. The molecule has 0 aromatic heterocycles. The van der Waals surface area contributed by atoms with E-state index in [1.165, 1.54) is 83.5 Å². The lowest BCUT2D eigenvalue weighted by Gasteiger charge is -2.38. The lowest BCUT2D eigenvalue weighted by molar-refractivity contribution is 0.131. The van der Waals surface area contributed by atoms with Gasteiger partial charge in [-0.25, -0.2) is 0 Å². The van der Waals surface area contributed by atoms with Crippen molar-refractivity contribution in [2.45, 2.75) is 136 Å². The van der Waals surface area contributed by atoms with Gasteiger partial charge in [-0.2, -0.15) is 0 Å². The predicted molar refractivity (Wildman–Crippen MR) is 129 cm³/mol. The second kappa shape index (κ2) is 21.6. The van der Waals surface area contributed by atoms with Crippen LogP contribution in [0.1, 0.15) is 136 Å². The van der Waals surface area contributed by atoms with Crippen molar-refractivity contribution in [3.8, 4) is 0 Å². The third-order valence-electron chi connectivity index (χ3n) is 6.65. The second-order valence-corrected chi connectivity index (χ2v) is 9.19. The number of hydrogen-bond acceptors (Lipinski definition) is 2. The highest BCUT2D eigenvalue weighted by molar-refractivity contribution is 4.81. The first-order valence-corrected chi connectivity index (χ1v) is 13.1. The molecule has 0 radical (unpaired) electrons. The van der Waals surface area contributed by atoms with E-state index in [4.69, 9.17) is 11.5 Å². The average Bonchev–Trinajstić information content (AvgIpc) is 2.73. The Hall–Kier alpha value is -0.0800. The van der Waals surface area contributed by atoms with Crippen molar-refractivity contribution in [3.05, 3.63) is 0 Å². The quantitative estimate of drug-likeness (QED) is 0.369. The van der Waals surface area contributed by atoms with Gasteiger partial charge in [0.1, 0.15) is 0 Å². The van der Waals surface area contributed by atoms with E-state index >= 15 is 0 Å². The van der Waals surface area contributed by atoms with E-state index in [1.54, 1.807) is 32.1 Å². The van der Waals surface area contributed by atoms with Crippen molar-refractivity contribution >= 4 is 0 Å². The predicted octanol–water partition coefficient (Wildman–Crippen LogP) is 7.83. The first kappa shape index (κ1) is 27.9. The van der Waals surface area contributed by atoms with Gasteiger partial charge in [0.25, 0.3) is 0 Å². The fourth-order valence-corrected chi connectivity index (χ4v) is 5.32. The van der Waals surface area contributed by atoms with Crippen LogP contribution in [0, 0.1) is 17.8 Å². The van der Waals surface area contributed by atoms with Gasteiger partial charge >= 0.3 is 0 Å². The SMILES string of the molecule is CCCCCCCCCC(C1CCCCC1)C1CCCCC1.CCN.CCN. The molecular formula is C26H56N2. The van der Waals surface area contributed by atoms with Gasteiger partial charge in [-0.3, -0.25) is 0 Å². The maximum Gasteiger partial charge on any atom is -0.0106 e. The van der Waals surface area contributed by atoms with E-state index in [0.717, 1.165) is 30.8 Å². The molecule has 2 aliphatic rings. The highest BCUT2D eigenvalue weighted by Crippen LogP contribution is 2.42. The minimum atomic E-state index is 0.750. The third-order valence-corrected chi connectivity index (χ3v) is 6.65. The fourth-order valence-electron chi connectivity index (χ4n) is 5.32. The van der Waals surface area contributed by atoms with Gasteiger partial charge in [0.15, 0.2) is 0 Å². The van der Waals surface area contributed by atoms with Crippen molar-refractivity contribution in [3.63, 3.8) is 0 Å². The molecular weight excluding hydrogens is 340 g/mol. The van der Waals surface area contributed by atoms with Crippen molar-refractivity contribution in [2.24, 2.45) is 29.2 Å². The van der Waals surface area contributed by atoms with Crippen molar-refractivity contribution in [1.29, 1.82) is 0 Å². The molecule has 0 saturated heterocycles. The topological polar surface area (TPSA) is 52.0 Å². The number of hydrogen-bond donors (Lipinski definition) is 2. The molecule has 0 atom stereocenters. The molecule has 0 heterocycles. The van der Waals surface area contributed by atoms with E-state index in [1.807, 2.05) is 13.8 Å². The highest BCUT2D eigenvalue weighted by atomic mass is 14.5. The Morgan fingerprint density at radius 3 is 1.32 bits per heavy atom. The van der Waals surface area contributed by atoms with E-state index < -0.39 is 0 Å². The summed E-state index contributed by atoms with van der Waals surface area (Å²) in [5.74, 6) is 3.32. The van der Waals surface area contributed by atoms with Crippen LogP contribution in [0.3, 0.4) is 0 Å². The van der Waals surface area contributed by atoms with E-state index in [2.05, 4.69) is 6.92 Å². The Kier molecular flexibility index (Phi) is 21.6. The lowest BCUT2D eigenvalue weighted by Crippen LogP contribution is -2.27. The average molecular weight is 397 g/mol. The molecule has 0 spiro atoms. The van der Waals surface area contributed by atoms with Gasteiger partial charge in [-0.1, -0.05) is 130 Å². The van der Waals surface area contributed by atoms with E-state index in [9.17, 15) is 0 Å². The van der Waals surface area contributed by atoms with Gasteiger partial charge in [0, 0.05) is 0 Å². The Morgan fingerprint density at radius 1 is 0.571 bits per heavy atom. The Labute approximate surface area is 179 Å². The minimum Gasteiger partial charge on any atom is -0.331 e. The van der Waals surface area contributed by atoms with Crippen LogP contribution in [0.2, 0.25) is 0 Å². The van der Waals surface area contributed by atoms with Crippen LogP contribution in [-0.4, -0.2) is 13.1 Å². The van der Waals surface area contributed by atoms with Crippen LogP contribution in [0.15, 0.2) is 0 Å². The molecule has 2 nitrogen and oxygen atoms in total. The molecule has 0 bridgehead atoms. The third kappa shape index (κ3) is 14.9. The molecule has 170 valence electrons. The summed E-state index contributed by atoms with van der Waals surface area (Å²) < 4.78 is 0. The molecule has 28 heavy (non-hydrogen) atoms. The van der Waals surface area contributed by atoms with Crippen LogP contribution in [0.4, 0.5) is 0 Å². The summed E-state index contributed by atoms with van der Waals surface area (Å²) >= 11 is 0. The Bertz CT molecular complexity index is 260. The van der Waals surface area contributed by atoms with Crippen LogP contribution in [0.25, 0.3) is 0 Å². The molecule has 2 saturated carbocycles. The maximum absolute atomic E-state index is 4.85. The van der Waals surface area contributed by atoms with Gasteiger partial charge in [-0.05, 0) is 37.3 Å². The van der Waals surface area contributed by atoms with Crippen LogP contribution in [-0.2, 0) is 0 Å². The van der Waals surface area contributed by atoms with Gasteiger partial charge in [-0.15, -0.1) is 0 Å². The largest absolute Gasteiger partial charge is 0.331 e. The summed E-state index contributed by atoms with van der Waals surface area (Å²) in [5.41, 5.74) is 9.69. The van der Waals surface area contributed by atoms with Crippen LogP contribution >= 0.6 is 0 Å². The number of unbranched alkanes of at least 4 members (excludes halogenated alkanes) is 6. The molecule has 0 unspecified atom stereocenters. The summed E-state index contributed by atoms with van der Waals surface area (Å²) in [7, 11) is 0. The molecule has 0 aromatic carbocycles. The lowest BCUT2D eigenvalue weighted by atomic mass is 9.68. The molecule has 2 aliphatic carbocycles. The van der Waals surface area contributed by atoms with Crippen molar-refractivity contribution in [2.75, 3.05) is 13.1 Å². The zero-order valence-electron chi connectivity index (χ0n) is 20.0. The molecule has 0 amide bonds. The van der Waals surface area contributed by atoms with Gasteiger partial charge < -0.3 is 11.5 Å². The first-order valence-electron chi connectivity index (χ1n) is 13.1. The maximum atomic E-state index is 4.85. The summed E-state index contributed by atoms with van der Waals surface area (Å²) in [4.78, 5) is 0. The summed E-state index contributed by atoms with van der Waals surface area (Å²) in [6.45, 7) is 7.62. The normalized spacial score (nSPS) is 18.2. The van der Waals surface area contributed by atoms with Gasteiger partial charge in [0.2, 0.25) is 0 Å². The summed E-state index contributed by atoms with van der Waals surface area (Å²) in [5, 5.41) is 0. The summed E-state index contributed by atoms with van der Waals surface area (Å²) in [6.07, 6.45) is 27.4. The minimum absolute atomic E-state index is 0.750. The fraction of sp³-hybridized carbons (Fsp3) is 1.00. The monoisotopic (exact) mass is 396 g/mol. The Morgan fingerprint density at radius 2 is 0.929 bits per heavy atom. The Balaban J connectivity index is 0.00000108. The number of nitrogens with two attached hydrogens (primary N) is 2. The molecule has 0 aromatic rings. The molecule has 2 heteroatoms. The molecule has 2 fully saturated rings. The van der Waals surface area contributed by atoms with Gasteiger partial charge in [0.05, 0.1) is 0 Å². The van der Waals surface area contributed by atoms with Crippen molar-refractivity contribution < 1.29 is 0 Å². The molecule has 0 aliphatic heterocycles. The zero-order chi connectivity index (χ0) is 20.9. The summed E-state index contributed by atoms with van der Waals surface area (Å²) in [6, 6.07) is 0. The molecule has 2 rings (SSSR count). The smallest absolute Gasteiger partial charge is 0.0106 e. The van der Waals surface area contributed by atoms with E-state index in [-0.39, 0.29) is 0 Å². The number of rotatable bonds is 10. The first-order chi connectivity index (χ1) is 13.7. The second-order valence-electron chi connectivity index (χ2n) is 9.19. The van der Waals surface area contributed by atoms with Crippen LogP contribution < -0.4 is 11.5 Å². The van der Waals surface area contributed by atoms with E-state index in [0.29, 0.717) is 0 Å². The molecule has 4 N–H and O–H groups in total. The highest BCUT2D eigenvalue weighted by Gasteiger charge is 2.30.